The summed E-state index contributed by atoms with van der Waals surface area (Å²) >= 11 is 1.68. The number of nitrogens with one attached hydrogen (secondary N) is 1. The van der Waals surface area contributed by atoms with E-state index >= 15 is 0 Å². The Morgan fingerprint density at radius 3 is 2.65 bits per heavy atom. The van der Waals surface area contributed by atoms with E-state index in [1.165, 1.54) is 11.1 Å². The highest BCUT2D eigenvalue weighted by Crippen LogP contribution is 2.26. The molecule has 0 saturated carbocycles. The van der Waals surface area contributed by atoms with Gasteiger partial charge in [-0.15, -0.1) is 11.3 Å². The fraction of sp³-hybridized carbons (Fsp3) is 0.333. The van der Waals surface area contributed by atoms with E-state index in [0.29, 0.717) is 0 Å². The van der Waals surface area contributed by atoms with E-state index in [-0.39, 0.29) is 6.04 Å². The molecule has 5 heteroatoms. The van der Waals surface area contributed by atoms with Gasteiger partial charge in [-0.3, -0.25) is 0 Å². The highest BCUT2D eigenvalue weighted by molar-refractivity contribution is 7.09. The maximum absolute atomic E-state index is 4.58. The number of anilines is 1. The average molecular weight is 326 g/mol. The monoisotopic (exact) mass is 326 g/mol. The number of benzene rings is 1. The van der Waals surface area contributed by atoms with Crippen molar-refractivity contribution in [2.24, 2.45) is 0 Å². The van der Waals surface area contributed by atoms with Crippen molar-refractivity contribution in [2.45, 2.75) is 40.7 Å². The van der Waals surface area contributed by atoms with E-state index in [4.69, 9.17) is 0 Å². The molecule has 0 saturated heterocycles. The van der Waals surface area contributed by atoms with Gasteiger partial charge in [0.2, 0.25) is 0 Å². The van der Waals surface area contributed by atoms with Crippen LogP contribution in [0.2, 0.25) is 0 Å². The summed E-state index contributed by atoms with van der Waals surface area (Å²) < 4.78 is 2.00. The number of rotatable bonds is 4. The van der Waals surface area contributed by atoms with Gasteiger partial charge in [0.15, 0.2) is 0 Å². The Labute approximate surface area is 141 Å². The second-order valence-corrected chi connectivity index (χ2v) is 7.07. The molecule has 0 amide bonds. The molecule has 1 unspecified atom stereocenters. The zero-order valence-electron chi connectivity index (χ0n) is 14.2. The summed E-state index contributed by atoms with van der Waals surface area (Å²) in [5, 5.41) is 11.3. The van der Waals surface area contributed by atoms with Crippen LogP contribution in [0.25, 0.3) is 5.69 Å². The lowest BCUT2D eigenvalue weighted by atomic mass is 10.1. The van der Waals surface area contributed by atoms with E-state index in [0.717, 1.165) is 27.8 Å². The van der Waals surface area contributed by atoms with Crippen LogP contribution < -0.4 is 5.32 Å². The Morgan fingerprint density at radius 1 is 1.17 bits per heavy atom. The summed E-state index contributed by atoms with van der Waals surface area (Å²) in [4.78, 5) is 4.56. The van der Waals surface area contributed by atoms with Gasteiger partial charge in [0.25, 0.3) is 0 Å². The SMILES string of the molecule is Cc1ccc(C)c(-n2ncc(NC(C)c3csc(C)n3)c2C)c1. The molecule has 0 bridgehead atoms. The molecule has 1 aromatic carbocycles. The molecule has 0 aliphatic heterocycles. The average Bonchev–Trinajstić information content (AvgIpc) is 3.09. The van der Waals surface area contributed by atoms with Crippen molar-refractivity contribution in [3.8, 4) is 5.69 Å². The Morgan fingerprint density at radius 2 is 1.96 bits per heavy atom. The molecule has 0 aliphatic rings. The molecule has 0 radical (unpaired) electrons. The molecule has 3 rings (SSSR count). The van der Waals surface area contributed by atoms with Crippen LogP contribution in [-0.4, -0.2) is 14.8 Å². The van der Waals surface area contributed by atoms with E-state index in [1.54, 1.807) is 11.3 Å². The Kier molecular flexibility index (Phi) is 4.22. The minimum absolute atomic E-state index is 0.162. The van der Waals surface area contributed by atoms with Crippen LogP contribution in [0.4, 0.5) is 5.69 Å². The van der Waals surface area contributed by atoms with Gasteiger partial charge >= 0.3 is 0 Å². The predicted molar refractivity (Wildman–Crippen MR) is 96.7 cm³/mol. The van der Waals surface area contributed by atoms with Crippen LogP contribution in [0.1, 0.15) is 40.5 Å². The van der Waals surface area contributed by atoms with Crippen LogP contribution in [-0.2, 0) is 0 Å². The summed E-state index contributed by atoms with van der Waals surface area (Å²) in [7, 11) is 0. The van der Waals surface area contributed by atoms with Gasteiger partial charge < -0.3 is 5.32 Å². The lowest BCUT2D eigenvalue weighted by Crippen LogP contribution is -2.08. The van der Waals surface area contributed by atoms with Gasteiger partial charge in [-0.2, -0.15) is 5.10 Å². The first-order chi connectivity index (χ1) is 11.0. The third-order valence-electron chi connectivity index (χ3n) is 4.06. The van der Waals surface area contributed by atoms with Crippen molar-refractivity contribution in [1.29, 1.82) is 0 Å². The van der Waals surface area contributed by atoms with Gasteiger partial charge in [0.05, 0.1) is 40.0 Å². The fourth-order valence-electron chi connectivity index (χ4n) is 2.63. The lowest BCUT2D eigenvalue weighted by molar-refractivity contribution is 0.829. The first-order valence-corrected chi connectivity index (χ1v) is 8.64. The molecule has 1 N–H and O–H groups in total. The van der Waals surface area contributed by atoms with E-state index in [9.17, 15) is 0 Å². The first-order valence-electron chi connectivity index (χ1n) is 7.76. The third-order valence-corrected chi connectivity index (χ3v) is 4.85. The molecule has 2 heterocycles. The minimum atomic E-state index is 0.162. The maximum Gasteiger partial charge on any atom is 0.0898 e. The number of aryl methyl sites for hydroxylation is 3. The van der Waals surface area contributed by atoms with Gasteiger partial charge in [-0.25, -0.2) is 9.67 Å². The normalized spacial score (nSPS) is 12.4. The van der Waals surface area contributed by atoms with Gasteiger partial charge in [0.1, 0.15) is 0 Å². The van der Waals surface area contributed by atoms with Crippen molar-refractivity contribution in [2.75, 3.05) is 5.32 Å². The highest BCUT2D eigenvalue weighted by Gasteiger charge is 2.14. The lowest BCUT2D eigenvalue weighted by Gasteiger charge is -2.14. The second-order valence-electron chi connectivity index (χ2n) is 6.00. The van der Waals surface area contributed by atoms with Crippen molar-refractivity contribution in [3.63, 3.8) is 0 Å². The summed E-state index contributed by atoms with van der Waals surface area (Å²) in [5.74, 6) is 0. The molecule has 23 heavy (non-hydrogen) atoms. The van der Waals surface area contributed by atoms with Crippen LogP contribution in [0.5, 0.6) is 0 Å². The smallest absolute Gasteiger partial charge is 0.0898 e. The van der Waals surface area contributed by atoms with Crippen LogP contribution in [0.15, 0.2) is 29.8 Å². The molecule has 0 aliphatic carbocycles. The summed E-state index contributed by atoms with van der Waals surface area (Å²) in [6.07, 6.45) is 1.90. The van der Waals surface area contributed by atoms with E-state index < -0.39 is 0 Å². The van der Waals surface area contributed by atoms with E-state index in [1.807, 2.05) is 17.8 Å². The summed E-state index contributed by atoms with van der Waals surface area (Å²) in [5.41, 5.74) is 6.82. The van der Waals surface area contributed by atoms with Crippen molar-refractivity contribution in [1.82, 2.24) is 14.8 Å². The number of hydrogen-bond donors (Lipinski definition) is 1. The molecule has 0 fully saturated rings. The van der Waals surface area contributed by atoms with Gasteiger partial charge in [-0.05, 0) is 51.8 Å². The number of aromatic nitrogens is 3. The summed E-state index contributed by atoms with van der Waals surface area (Å²) in [6, 6.07) is 6.60. The standard InChI is InChI=1S/C18H22N4S/c1-11-6-7-12(2)18(8-11)22-14(4)16(9-19-22)20-13(3)17-10-23-15(5)21-17/h6-10,13,20H,1-5H3. The molecular weight excluding hydrogens is 304 g/mol. The highest BCUT2D eigenvalue weighted by atomic mass is 32.1. The van der Waals surface area contributed by atoms with Crippen LogP contribution >= 0.6 is 11.3 Å². The number of hydrogen-bond acceptors (Lipinski definition) is 4. The zero-order valence-corrected chi connectivity index (χ0v) is 15.0. The Balaban J connectivity index is 1.89. The van der Waals surface area contributed by atoms with Crippen molar-refractivity contribution in [3.05, 3.63) is 57.3 Å². The maximum atomic E-state index is 4.58. The van der Waals surface area contributed by atoms with Crippen LogP contribution in [0, 0.1) is 27.7 Å². The Bertz CT molecular complexity index is 831. The van der Waals surface area contributed by atoms with Crippen LogP contribution in [0.3, 0.4) is 0 Å². The van der Waals surface area contributed by atoms with Crippen molar-refractivity contribution >= 4 is 17.0 Å². The number of nitrogens with zero attached hydrogens (tertiary/aromatic N) is 3. The molecular formula is C18H22N4S. The van der Waals surface area contributed by atoms with Crippen molar-refractivity contribution < 1.29 is 0 Å². The molecule has 2 aromatic heterocycles. The molecule has 120 valence electrons. The first kappa shape index (κ1) is 15.7. The van der Waals surface area contributed by atoms with Gasteiger partial charge in [0, 0.05) is 5.38 Å². The molecule has 3 aromatic rings. The minimum Gasteiger partial charge on any atom is -0.374 e. The van der Waals surface area contributed by atoms with E-state index in [2.05, 4.69) is 66.7 Å². The third kappa shape index (κ3) is 3.15. The topological polar surface area (TPSA) is 42.7 Å². The van der Waals surface area contributed by atoms with Gasteiger partial charge in [-0.1, -0.05) is 12.1 Å². The quantitative estimate of drug-likeness (QED) is 0.753. The Hall–Kier alpha value is -2.14. The largest absolute Gasteiger partial charge is 0.374 e. The molecule has 1 atom stereocenters. The molecule has 4 nitrogen and oxygen atoms in total. The zero-order chi connectivity index (χ0) is 16.6. The predicted octanol–water partition coefficient (Wildman–Crippen LogP) is 4.74. The second kappa shape index (κ2) is 6.16. The fourth-order valence-corrected chi connectivity index (χ4v) is 3.33. The molecule has 0 spiro atoms. The summed E-state index contributed by atoms with van der Waals surface area (Å²) in [6.45, 7) is 10.5. The number of thiazole rings is 1.